The minimum atomic E-state index is -0.924. The van der Waals surface area contributed by atoms with E-state index in [-0.39, 0.29) is 5.91 Å². The third kappa shape index (κ3) is 3.39. The number of hydrogen-bond acceptors (Lipinski definition) is 3. The summed E-state index contributed by atoms with van der Waals surface area (Å²) in [6.07, 6.45) is 3.89. The monoisotopic (exact) mass is 315 g/mol. The first-order chi connectivity index (χ1) is 10.7. The Balaban J connectivity index is 1.58. The Morgan fingerprint density at radius 1 is 1.32 bits per heavy atom. The van der Waals surface area contributed by atoms with Gasteiger partial charge in [0.2, 0.25) is 5.91 Å². The van der Waals surface area contributed by atoms with Crippen LogP contribution >= 0.6 is 11.3 Å². The summed E-state index contributed by atoms with van der Waals surface area (Å²) in [5.41, 5.74) is 2.44. The number of carbonyl (C=O) groups excluding carboxylic acids is 1. The minimum absolute atomic E-state index is 0.00248. The summed E-state index contributed by atoms with van der Waals surface area (Å²) in [4.78, 5) is 12.0. The second kappa shape index (κ2) is 6.63. The minimum Gasteiger partial charge on any atom is -0.383 e. The van der Waals surface area contributed by atoms with Crippen LogP contribution in [0.5, 0.6) is 0 Å². The van der Waals surface area contributed by atoms with E-state index < -0.39 is 5.60 Å². The molecule has 1 heterocycles. The molecule has 0 bridgehead atoms. The van der Waals surface area contributed by atoms with Crippen molar-refractivity contribution in [3.05, 3.63) is 57.8 Å². The second-order valence-corrected chi connectivity index (χ2v) is 6.73. The predicted octanol–water partition coefficient (Wildman–Crippen LogP) is 3.02. The highest BCUT2D eigenvalue weighted by Gasteiger charge is 2.34. The predicted molar refractivity (Wildman–Crippen MR) is 88.9 cm³/mol. The van der Waals surface area contributed by atoms with E-state index in [1.165, 1.54) is 11.1 Å². The number of rotatable bonds is 5. The van der Waals surface area contributed by atoms with Crippen molar-refractivity contribution in [1.29, 1.82) is 0 Å². The van der Waals surface area contributed by atoms with E-state index in [2.05, 4.69) is 16.8 Å². The van der Waals surface area contributed by atoms with Gasteiger partial charge in [-0.25, -0.2) is 0 Å². The number of carbonyl (C=O) groups is 1. The molecule has 2 aromatic rings. The van der Waals surface area contributed by atoms with Crippen molar-refractivity contribution in [2.24, 2.45) is 0 Å². The van der Waals surface area contributed by atoms with Crippen molar-refractivity contribution in [2.75, 3.05) is 6.54 Å². The molecular formula is C18H21NO2S. The van der Waals surface area contributed by atoms with Crippen molar-refractivity contribution in [3.8, 4) is 0 Å². The summed E-state index contributed by atoms with van der Waals surface area (Å²) >= 11 is 1.65. The number of amides is 1. The van der Waals surface area contributed by atoms with Crippen LogP contribution in [0.15, 0.2) is 41.1 Å². The fourth-order valence-corrected chi connectivity index (χ4v) is 3.81. The lowest BCUT2D eigenvalue weighted by Gasteiger charge is -2.34. The maximum Gasteiger partial charge on any atom is 0.220 e. The van der Waals surface area contributed by atoms with E-state index in [1.807, 2.05) is 29.6 Å². The van der Waals surface area contributed by atoms with Gasteiger partial charge in [0.15, 0.2) is 0 Å². The lowest BCUT2D eigenvalue weighted by atomic mass is 9.79. The maximum atomic E-state index is 12.0. The normalized spacial score (nSPS) is 20.4. The fraction of sp³-hybridized carbons (Fsp3) is 0.389. The number of fused-ring (bicyclic) bond motifs is 1. The third-order valence-corrected chi connectivity index (χ3v) is 5.09. The average molecular weight is 315 g/mol. The Bertz CT molecular complexity index is 638. The van der Waals surface area contributed by atoms with Crippen molar-refractivity contribution < 1.29 is 9.90 Å². The first kappa shape index (κ1) is 15.3. The molecule has 2 N–H and O–H groups in total. The van der Waals surface area contributed by atoms with Crippen LogP contribution in [0.25, 0.3) is 0 Å². The summed E-state index contributed by atoms with van der Waals surface area (Å²) < 4.78 is 0. The quantitative estimate of drug-likeness (QED) is 0.891. The van der Waals surface area contributed by atoms with E-state index in [0.29, 0.717) is 19.4 Å². The molecule has 0 saturated heterocycles. The molecule has 3 rings (SSSR count). The molecule has 1 atom stereocenters. The summed E-state index contributed by atoms with van der Waals surface area (Å²) in [5.74, 6) is 0.00248. The molecule has 1 aromatic heterocycles. The van der Waals surface area contributed by atoms with Gasteiger partial charge in [0.25, 0.3) is 0 Å². The van der Waals surface area contributed by atoms with Gasteiger partial charge in [-0.3, -0.25) is 4.79 Å². The van der Waals surface area contributed by atoms with Gasteiger partial charge in [0.1, 0.15) is 5.60 Å². The average Bonchev–Trinajstić information content (AvgIpc) is 3.05. The van der Waals surface area contributed by atoms with Gasteiger partial charge < -0.3 is 10.4 Å². The zero-order valence-corrected chi connectivity index (χ0v) is 13.4. The molecule has 116 valence electrons. The number of nitrogens with one attached hydrogen (secondary N) is 1. The van der Waals surface area contributed by atoms with Gasteiger partial charge in [-0.05, 0) is 59.2 Å². The Hall–Kier alpha value is -1.65. The van der Waals surface area contributed by atoms with Crippen LogP contribution in [0.4, 0.5) is 0 Å². The van der Waals surface area contributed by atoms with Crippen LogP contribution in [-0.2, 0) is 23.2 Å². The number of aliphatic hydroxyl groups is 1. The Kier molecular flexibility index (Phi) is 4.60. The largest absolute Gasteiger partial charge is 0.383 e. The molecule has 0 radical (unpaired) electrons. The third-order valence-electron chi connectivity index (χ3n) is 4.35. The fourth-order valence-electron chi connectivity index (χ4n) is 3.11. The van der Waals surface area contributed by atoms with E-state index >= 15 is 0 Å². The zero-order chi connectivity index (χ0) is 15.4. The van der Waals surface area contributed by atoms with Crippen LogP contribution in [-0.4, -0.2) is 17.6 Å². The molecule has 1 amide bonds. The topological polar surface area (TPSA) is 49.3 Å². The van der Waals surface area contributed by atoms with Gasteiger partial charge >= 0.3 is 0 Å². The highest BCUT2D eigenvalue weighted by Crippen LogP contribution is 2.34. The van der Waals surface area contributed by atoms with E-state index in [9.17, 15) is 9.90 Å². The van der Waals surface area contributed by atoms with Crippen LogP contribution in [0.1, 0.15) is 36.0 Å². The molecule has 0 fully saturated rings. The molecule has 3 nitrogen and oxygen atoms in total. The Morgan fingerprint density at radius 3 is 3.00 bits per heavy atom. The zero-order valence-electron chi connectivity index (χ0n) is 12.5. The first-order valence-electron chi connectivity index (χ1n) is 7.76. The highest BCUT2D eigenvalue weighted by molar-refractivity contribution is 7.07. The van der Waals surface area contributed by atoms with Gasteiger partial charge in [0, 0.05) is 6.42 Å². The van der Waals surface area contributed by atoms with Crippen molar-refractivity contribution >= 4 is 17.2 Å². The summed E-state index contributed by atoms with van der Waals surface area (Å²) in [5, 5.41) is 17.9. The van der Waals surface area contributed by atoms with Crippen LogP contribution in [0.3, 0.4) is 0 Å². The molecule has 1 aliphatic rings. The molecule has 1 unspecified atom stereocenters. The van der Waals surface area contributed by atoms with Crippen LogP contribution in [0.2, 0.25) is 0 Å². The number of benzene rings is 1. The molecule has 0 aliphatic heterocycles. The van der Waals surface area contributed by atoms with Crippen molar-refractivity contribution in [2.45, 2.75) is 37.7 Å². The molecule has 4 heteroatoms. The summed E-state index contributed by atoms with van der Waals surface area (Å²) in [6, 6.07) is 10.0. The lowest BCUT2D eigenvalue weighted by molar-refractivity contribution is -0.122. The second-order valence-electron chi connectivity index (χ2n) is 5.95. The number of thiophene rings is 1. The SMILES string of the molecule is O=C(CCc1ccsc1)NCC1(O)CCCc2ccccc21. The van der Waals surface area contributed by atoms with E-state index in [1.54, 1.807) is 11.3 Å². The van der Waals surface area contributed by atoms with E-state index in [4.69, 9.17) is 0 Å². The van der Waals surface area contributed by atoms with Crippen molar-refractivity contribution in [3.63, 3.8) is 0 Å². The lowest BCUT2D eigenvalue weighted by Crippen LogP contribution is -2.43. The van der Waals surface area contributed by atoms with Crippen LogP contribution < -0.4 is 5.32 Å². The van der Waals surface area contributed by atoms with E-state index in [0.717, 1.165) is 24.8 Å². The summed E-state index contributed by atoms with van der Waals surface area (Å²) in [7, 11) is 0. The number of hydrogen-bond donors (Lipinski definition) is 2. The van der Waals surface area contributed by atoms with Crippen molar-refractivity contribution in [1.82, 2.24) is 5.32 Å². The maximum absolute atomic E-state index is 12.0. The molecule has 0 spiro atoms. The number of aryl methyl sites for hydroxylation is 2. The first-order valence-corrected chi connectivity index (χ1v) is 8.70. The summed E-state index contributed by atoms with van der Waals surface area (Å²) in [6.45, 7) is 0.298. The standard InChI is InChI=1S/C18H21NO2S/c20-17(8-7-14-9-11-22-12-14)19-13-18(21)10-3-5-15-4-1-2-6-16(15)18/h1-2,4,6,9,11-12,21H,3,5,7-8,10,13H2,(H,19,20). The Morgan fingerprint density at radius 2 is 2.18 bits per heavy atom. The molecule has 22 heavy (non-hydrogen) atoms. The van der Waals surface area contributed by atoms with Gasteiger partial charge in [-0.15, -0.1) is 0 Å². The van der Waals surface area contributed by atoms with Crippen LogP contribution in [0, 0.1) is 0 Å². The van der Waals surface area contributed by atoms with Gasteiger partial charge in [-0.1, -0.05) is 24.3 Å². The Labute approximate surface area is 135 Å². The smallest absolute Gasteiger partial charge is 0.220 e. The molecule has 1 aromatic carbocycles. The molecule has 1 aliphatic carbocycles. The molecule has 0 saturated carbocycles. The highest BCUT2D eigenvalue weighted by atomic mass is 32.1. The van der Waals surface area contributed by atoms with Gasteiger partial charge in [0.05, 0.1) is 6.54 Å². The molecular weight excluding hydrogens is 294 g/mol. The van der Waals surface area contributed by atoms with Gasteiger partial charge in [-0.2, -0.15) is 11.3 Å².